The van der Waals surface area contributed by atoms with E-state index in [1.165, 1.54) is 0 Å². The van der Waals surface area contributed by atoms with Crippen LogP contribution in [0.4, 0.5) is 0 Å². The van der Waals surface area contributed by atoms with Gasteiger partial charge in [0.1, 0.15) is 6.61 Å². The maximum Gasteiger partial charge on any atom is 0.161 e. The lowest BCUT2D eigenvalue weighted by molar-refractivity contribution is -0.150. The summed E-state index contributed by atoms with van der Waals surface area (Å²) in [5.41, 5.74) is 0.257. The molecule has 0 bridgehead atoms. The highest BCUT2D eigenvalue weighted by Gasteiger charge is 2.63. The molecule has 3 fully saturated rings. The van der Waals surface area contributed by atoms with Crippen LogP contribution in [0.15, 0.2) is 11.6 Å². The number of aliphatic hydroxyl groups is 3. The van der Waals surface area contributed by atoms with Gasteiger partial charge in [-0.25, -0.2) is 0 Å². The average Bonchev–Trinajstić information content (AvgIpc) is 2.94. The van der Waals surface area contributed by atoms with Gasteiger partial charge in [-0.05, 0) is 61.3 Å². The number of hydrogen-bond acceptors (Lipinski definition) is 5. The van der Waals surface area contributed by atoms with E-state index in [9.17, 15) is 24.9 Å². The zero-order valence-corrected chi connectivity index (χ0v) is 15.6. The first-order valence-electron chi connectivity index (χ1n) is 9.97. The number of rotatable bonds is 2. The van der Waals surface area contributed by atoms with Crippen LogP contribution < -0.4 is 0 Å². The zero-order valence-electron chi connectivity index (χ0n) is 15.6. The van der Waals surface area contributed by atoms with Gasteiger partial charge in [-0.1, -0.05) is 19.4 Å². The van der Waals surface area contributed by atoms with Crippen LogP contribution in [0.25, 0.3) is 0 Å². The molecule has 4 aliphatic rings. The summed E-state index contributed by atoms with van der Waals surface area (Å²) in [6.45, 7) is 3.81. The standard InChI is InChI=1S/C21H30O5/c1-20-6-5-15-19(14(20)4-3-13(20)17(25)10-22)16(24)8-11-7-12(23)9-18(26)21(11,15)2/h7,13-16,18-19,22,24,26H,3-6,8-10H2,1-2H3. The van der Waals surface area contributed by atoms with Crippen molar-refractivity contribution in [3.05, 3.63) is 11.6 Å². The van der Waals surface area contributed by atoms with Gasteiger partial charge in [0, 0.05) is 17.8 Å². The Morgan fingerprint density at radius 3 is 2.58 bits per heavy atom. The Kier molecular flexibility index (Phi) is 4.22. The molecule has 3 N–H and O–H groups in total. The molecule has 5 heteroatoms. The first-order valence-corrected chi connectivity index (χ1v) is 9.97. The van der Waals surface area contributed by atoms with Gasteiger partial charge in [0.25, 0.3) is 0 Å². The van der Waals surface area contributed by atoms with E-state index in [0.29, 0.717) is 6.42 Å². The largest absolute Gasteiger partial charge is 0.392 e. The van der Waals surface area contributed by atoms with Gasteiger partial charge in [0.05, 0.1) is 12.2 Å². The van der Waals surface area contributed by atoms with Crippen molar-refractivity contribution in [1.29, 1.82) is 0 Å². The third-order valence-electron chi connectivity index (χ3n) is 8.63. The highest BCUT2D eigenvalue weighted by molar-refractivity contribution is 5.92. The van der Waals surface area contributed by atoms with Crippen molar-refractivity contribution in [2.24, 2.45) is 34.5 Å². The molecule has 0 amide bonds. The Hall–Kier alpha value is -1.04. The van der Waals surface area contributed by atoms with Crippen molar-refractivity contribution in [2.75, 3.05) is 6.61 Å². The van der Waals surface area contributed by atoms with Crippen molar-refractivity contribution in [3.63, 3.8) is 0 Å². The summed E-state index contributed by atoms with van der Waals surface area (Å²) in [4.78, 5) is 24.2. The fourth-order valence-corrected chi connectivity index (χ4v) is 7.22. The molecule has 0 heterocycles. The number of carbonyl (C=O) groups is 2. The number of aliphatic hydroxyl groups excluding tert-OH is 3. The Morgan fingerprint density at radius 1 is 1.15 bits per heavy atom. The van der Waals surface area contributed by atoms with Crippen LogP contribution in [0.3, 0.4) is 0 Å². The van der Waals surface area contributed by atoms with Gasteiger partial charge in [-0.15, -0.1) is 0 Å². The first kappa shape index (κ1) is 18.3. The molecule has 0 radical (unpaired) electrons. The fraction of sp³-hybridized carbons (Fsp3) is 0.810. The molecule has 0 aromatic carbocycles. The highest BCUT2D eigenvalue weighted by Crippen LogP contribution is 2.66. The van der Waals surface area contributed by atoms with Crippen molar-refractivity contribution in [3.8, 4) is 0 Å². The third kappa shape index (κ3) is 2.26. The van der Waals surface area contributed by atoms with E-state index in [0.717, 1.165) is 31.3 Å². The Labute approximate surface area is 154 Å². The SMILES string of the molecule is CC12CCC3C(C(O)CC4=CC(=O)CC(O)C43C)C1CCC2C(=O)CO. The Bertz CT molecular complexity index is 669. The highest BCUT2D eigenvalue weighted by atomic mass is 16.3. The molecule has 8 unspecified atom stereocenters. The average molecular weight is 362 g/mol. The lowest BCUT2D eigenvalue weighted by Gasteiger charge is -2.60. The van der Waals surface area contributed by atoms with Crippen LogP contribution in [0.5, 0.6) is 0 Å². The number of carbonyl (C=O) groups excluding carboxylic acids is 2. The fourth-order valence-electron chi connectivity index (χ4n) is 7.22. The van der Waals surface area contributed by atoms with Crippen LogP contribution >= 0.6 is 0 Å². The summed E-state index contributed by atoms with van der Waals surface area (Å²) >= 11 is 0. The predicted molar refractivity (Wildman–Crippen MR) is 95.1 cm³/mol. The lowest BCUT2D eigenvalue weighted by atomic mass is 9.45. The van der Waals surface area contributed by atoms with Crippen molar-refractivity contribution in [1.82, 2.24) is 0 Å². The van der Waals surface area contributed by atoms with Gasteiger partial charge in [0.15, 0.2) is 11.6 Å². The molecule has 0 aromatic heterocycles. The molecule has 8 atom stereocenters. The molecule has 0 spiro atoms. The van der Waals surface area contributed by atoms with Gasteiger partial charge in [-0.3, -0.25) is 9.59 Å². The molecule has 0 saturated heterocycles. The summed E-state index contributed by atoms with van der Waals surface area (Å²) in [7, 11) is 0. The Morgan fingerprint density at radius 2 is 1.88 bits per heavy atom. The second-order valence-electron chi connectivity index (χ2n) is 9.50. The molecular weight excluding hydrogens is 332 g/mol. The van der Waals surface area contributed by atoms with E-state index < -0.39 is 24.2 Å². The normalized spacial score (nSPS) is 50.5. The lowest BCUT2D eigenvalue weighted by Crippen LogP contribution is -2.59. The van der Waals surface area contributed by atoms with Gasteiger partial charge in [0.2, 0.25) is 0 Å². The van der Waals surface area contributed by atoms with Crippen molar-refractivity contribution in [2.45, 2.75) is 64.6 Å². The van der Waals surface area contributed by atoms with Crippen LogP contribution in [0.2, 0.25) is 0 Å². The Balaban J connectivity index is 1.72. The molecular formula is C21H30O5. The van der Waals surface area contributed by atoms with Gasteiger partial charge < -0.3 is 15.3 Å². The summed E-state index contributed by atoms with van der Waals surface area (Å²) in [6, 6.07) is 0. The number of Topliss-reactive ketones (excluding diaryl/α,β-unsaturated/α-hetero) is 1. The minimum atomic E-state index is -0.698. The summed E-state index contributed by atoms with van der Waals surface area (Å²) < 4.78 is 0. The maximum atomic E-state index is 12.3. The smallest absolute Gasteiger partial charge is 0.161 e. The molecule has 4 rings (SSSR count). The van der Waals surface area contributed by atoms with E-state index in [4.69, 9.17) is 0 Å². The zero-order chi connectivity index (χ0) is 18.9. The van der Waals surface area contributed by atoms with Crippen LogP contribution in [0, 0.1) is 34.5 Å². The predicted octanol–water partition coefficient (Wildman–Crippen LogP) is 1.64. The van der Waals surface area contributed by atoms with E-state index >= 15 is 0 Å². The van der Waals surface area contributed by atoms with E-state index in [2.05, 4.69) is 13.8 Å². The molecule has 0 aromatic rings. The van der Waals surface area contributed by atoms with Crippen LogP contribution in [-0.2, 0) is 9.59 Å². The van der Waals surface area contributed by atoms with Crippen molar-refractivity contribution < 1.29 is 24.9 Å². The number of fused-ring (bicyclic) bond motifs is 5. The number of hydrogen-bond donors (Lipinski definition) is 3. The van der Waals surface area contributed by atoms with E-state index in [1.54, 1.807) is 6.08 Å². The first-order chi connectivity index (χ1) is 12.2. The topological polar surface area (TPSA) is 94.8 Å². The van der Waals surface area contributed by atoms with E-state index in [-0.39, 0.29) is 47.1 Å². The molecule has 3 saturated carbocycles. The van der Waals surface area contributed by atoms with Gasteiger partial charge in [-0.2, -0.15) is 0 Å². The molecule has 26 heavy (non-hydrogen) atoms. The quantitative estimate of drug-likeness (QED) is 0.694. The van der Waals surface area contributed by atoms with E-state index in [1.807, 2.05) is 0 Å². The second kappa shape index (κ2) is 5.98. The molecule has 0 aliphatic heterocycles. The van der Waals surface area contributed by atoms with Gasteiger partial charge >= 0.3 is 0 Å². The summed E-state index contributed by atoms with van der Waals surface area (Å²) in [6.07, 6.45) is 4.38. The monoisotopic (exact) mass is 362 g/mol. The minimum absolute atomic E-state index is 0.0373. The maximum absolute atomic E-state index is 12.3. The van der Waals surface area contributed by atoms with Crippen molar-refractivity contribution >= 4 is 11.6 Å². The molecule has 144 valence electrons. The number of ketones is 2. The molecule has 4 aliphatic carbocycles. The van der Waals surface area contributed by atoms with Crippen LogP contribution in [-0.4, -0.2) is 45.7 Å². The summed E-state index contributed by atoms with van der Waals surface area (Å²) in [5, 5.41) is 31.2. The summed E-state index contributed by atoms with van der Waals surface area (Å²) in [5.74, 6) is 0.129. The van der Waals surface area contributed by atoms with Crippen LogP contribution in [0.1, 0.15) is 52.4 Å². The third-order valence-corrected chi connectivity index (χ3v) is 8.63. The second-order valence-corrected chi connectivity index (χ2v) is 9.50. The molecule has 5 nitrogen and oxygen atoms in total. The minimum Gasteiger partial charge on any atom is -0.392 e.